The van der Waals surface area contributed by atoms with Crippen molar-refractivity contribution in [2.75, 3.05) is 23.7 Å². The highest BCUT2D eigenvalue weighted by atomic mass is 16.3. The molecule has 1 aromatic heterocycles. The van der Waals surface area contributed by atoms with Crippen LogP contribution in [-0.2, 0) is 0 Å². The van der Waals surface area contributed by atoms with Gasteiger partial charge in [-0.25, -0.2) is 4.98 Å². The maximum Gasteiger partial charge on any atom is 0.130 e. The molecule has 2 rings (SSSR count). The summed E-state index contributed by atoms with van der Waals surface area (Å²) >= 11 is 0. The van der Waals surface area contributed by atoms with Gasteiger partial charge in [0.05, 0.1) is 6.10 Å². The summed E-state index contributed by atoms with van der Waals surface area (Å²) < 4.78 is 0. The van der Waals surface area contributed by atoms with Gasteiger partial charge in [0.2, 0.25) is 0 Å². The molecule has 2 heterocycles. The number of pyridine rings is 1. The molecule has 76 valence electrons. The summed E-state index contributed by atoms with van der Waals surface area (Å²) in [6, 6.07) is 5.64. The first-order valence-electron chi connectivity index (χ1n) is 4.91. The van der Waals surface area contributed by atoms with E-state index in [0.29, 0.717) is 5.82 Å². The van der Waals surface area contributed by atoms with Crippen LogP contribution in [0.25, 0.3) is 0 Å². The van der Waals surface area contributed by atoms with E-state index in [1.807, 2.05) is 12.1 Å². The van der Waals surface area contributed by atoms with Gasteiger partial charge in [-0.2, -0.15) is 0 Å². The van der Waals surface area contributed by atoms with Gasteiger partial charge in [0.25, 0.3) is 0 Å². The smallest absolute Gasteiger partial charge is 0.130 e. The third-order valence-corrected chi connectivity index (χ3v) is 2.54. The van der Waals surface area contributed by atoms with Gasteiger partial charge >= 0.3 is 0 Å². The first-order valence-corrected chi connectivity index (χ1v) is 4.91. The lowest BCUT2D eigenvalue weighted by atomic mass is 10.1. The molecular weight excluding hydrogens is 178 g/mol. The van der Waals surface area contributed by atoms with Gasteiger partial charge in [-0.15, -0.1) is 0 Å². The fourth-order valence-corrected chi connectivity index (χ4v) is 1.71. The third-order valence-electron chi connectivity index (χ3n) is 2.54. The van der Waals surface area contributed by atoms with E-state index in [1.54, 1.807) is 6.07 Å². The van der Waals surface area contributed by atoms with E-state index >= 15 is 0 Å². The molecule has 4 heteroatoms. The predicted molar refractivity (Wildman–Crippen MR) is 56.1 cm³/mol. The Hall–Kier alpha value is -1.29. The number of nitrogen functional groups attached to an aromatic ring is 1. The van der Waals surface area contributed by atoms with Crippen molar-refractivity contribution in [1.82, 2.24) is 4.98 Å². The topological polar surface area (TPSA) is 62.4 Å². The lowest BCUT2D eigenvalue weighted by Crippen LogP contribution is -2.36. The van der Waals surface area contributed by atoms with E-state index in [0.717, 1.165) is 31.7 Å². The predicted octanol–water partition coefficient (Wildman–Crippen LogP) is 0.625. The molecule has 1 aliphatic rings. The summed E-state index contributed by atoms with van der Waals surface area (Å²) in [5.41, 5.74) is 5.61. The molecular formula is C10H15N3O. The molecule has 0 unspecified atom stereocenters. The number of hydrogen-bond acceptors (Lipinski definition) is 4. The molecule has 0 aromatic carbocycles. The third kappa shape index (κ3) is 1.96. The maximum atomic E-state index is 9.36. The van der Waals surface area contributed by atoms with Crippen LogP contribution in [0.3, 0.4) is 0 Å². The van der Waals surface area contributed by atoms with Crippen molar-refractivity contribution in [3.8, 4) is 0 Å². The lowest BCUT2D eigenvalue weighted by Gasteiger charge is -2.30. The number of rotatable bonds is 1. The standard InChI is InChI=1S/C10H15N3O/c11-9-2-1-3-10(12-9)13-6-4-8(14)5-7-13/h1-3,8,14H,4-7H2,(H2,11,12). The van der Waals surface area contributed by atoms with E-state index in [2.05, 4.69) is 9.88 Å². The van der Waals surface area contributed by atoms with E-state index < -0.39 is 0 Å². The van der Waals surface area contributed by atoms with Gasteiger partial charge in [-0.05, 0) is 25.0 Å². The van der Waals surface area contributed by atoms with Crippen molar-refractivity contribution in [3.05, 3.63) is 18.2 Å². The normalized spacial score (nSPS) is 18.5. The quantitative estimate of drug-likeness (QED) is 0.686. The van der Waals surface area contributed by atoms with Crippen LogP contribution in [-0.4, -0.2) is 29.3 Å². The van der Waals surface area contributed by atoms with Crippen LogP contribution in [0.4, 0.5) is 11.6 Å². The molecule has 0 atom stereocenters. The first kappa shape index (κ1) is 9.27. The molecule has 1 aliphatic heterocycles. The summed E-state index contributed by atoms with van der Waals surface area (Å²) in [5, 5.41) is 9.36. The Bertz CT molecular complexity index is 308. The molecule has 0 radical (unpaired) electrons. The molecule has 0 saturated carbocycles. The second kappa shape index (κ2) is 3.84. The summed E-state index contributed by atoms with van der Waals surface area (Å²) in [4.78, 5) is 6.40. The van der Waals surface area contributed by atoms with Crippen molar-refractivity contribution >= 4 is 11.6 Å². The lowest BCUT2D eigenvalue weighted by molar-refractivity contribution is 0.145. The van der Waals surface area contributed by atoms with Gasteiger partial charge in [-0.1, -0.05) is 6.07 Å². The minimum atomic E-state index is -0.146. The van der Waals surface area contributed by atoms with Gasteiger partial charge < -0.3 is 15.7 Å². The molecule has 4 nitrogen and oxygen atoms in total. The zero-order chi connectivity index (χ0) is 9.97. The monoisotopic (exact) mass is 193 g/mol. The van der Waals surface area contributed by atoms with Gasteiger partial charge in [0, 0.05) is 13.1 Å². The van der Waals surface area contributed by atoms with Crippen LogP contribution in [0.5, 0.6) is 0 Å². The second-order valence-electron chi connectivity index (χ2n) is 3.64. The van der Waals surface area contributed by atoms with Crippen molar-refractivity contribution in [2.24, 2.45) is 0 Å². The highest BCUT2D eigenvalue weighted by molar-refractivity contribution is 5.44. The Labute approximate surface area is 83.4 Å². The number of aliphatic hydroxyl groups excluding tert-OH is 1. The van der Waals surface area contributed by atoms with E-state index in [1.165, 1.54) is 0 Å². The highest BCUT2D eigenvalue weighted by Gasteiger charge is 2.17. The van der Waals surface area contributed by atoms with Crippen molar-refractivity contribution in [3.63, 3.8) is 0 Å². The second-order valence-corrected chi connectivity index (χ2v) is 3.64. The first-order chi connectivity index (χ1) is 6.75. The average molecular weight is 193 g/mol. The van der Waals surface area contributed by atoms with Crippen molar-refractivity contribution in [2.45, 2.75) is 18.9 Å². The fraction of sp³-hybridized carbons (Fsp3) is 0.500. The number of aliphatic hydroxyl groups is 1. The van der Waals surface area contributed by atoms with Gasteiger partial charge in [0.1, 0.15) is 11.6 Å². The van der Waals surface area contributed by atoms with Crippen LogP contribution in [0, 0.1) is 0 Å². The minimum Gasteiger partial charge on any atom is -0.393 e. The number of piperidine rings is 1. The zero-order valence-corrected chi connectivity index (χ0v) is 8.06. The Morgan fingerprint density at radius 3 is 2.71 bits per heavy atom. The maximum absolute atomic E-state index is 9.36. The number of hydrogen-bond donors (Lipinski definition) is 2. The van der Waals surface area contributed by atoms with E-state index in [9.17, 15) is 5.11 Å². The number of anilines is 2. The van der Waals surface area contributed by atoms with Crippen molar-refractivity contribution < 1.29 is 5.11 Å². The zero-order valence-electron chi connectivity index (χ0n) is 8.06. The van der Waals surface area contributed by atoms with Gasteiger partial charge in [0.15, 0.2) is 0 Å². The highest BCUT2D eigenvalue weighted by Crippen LogP contribution is 2.18. The number of nitrogens with two attached hydrogens (primary N) is 1. The minimum absolute atomic E-state index is 0.146. The summed E-state index contributed by atoms with van der Waals surface area (Å²) in [5.74, 6) is 1.46. The molecule has 3 N–H and O–H groups in total. The number of aromatic nitrogens is 1. The molecule has 1 saturated heterocycles. The molecule has 0 spiro atoms. The van der Waals surface area contributed by atoms with Gasteiger partial charge in [-0.3, -0.25) is 0 Å². The Kier molecular flexibility index (Phi) is 2.54. The van der Waals surface area contributed by atoms with E-state index in [-0.39, 0.29) is 6.10 Å². The summed E-state index contributed by atoms with van der Waals surface area (Å²) in [7, 11) is 0. The van der Waals surface area contributed by atoms with Crippen LogP contribution >= 0.6 is 0 Å². The van der Waals surface area contributed by atoms with Crippen LogP contribution in [0.2, 0.25) is 0 Å². The summed E-state index contributed by atoms with van der Waals surface area (Å²) in [6.45, 7) is 1.72. The van der Waals surface area contributed by atoms with Crippen LogP contribution in [0.15, 0.2) is 18.2 Å². The molecule has 0 bridgehead atoms. The Balaban J connectivity index is 2.08. The largest absolute Gasteiger partial charge is 0.393 e. The molecule has 0 amide bonds. The van der Waals surface area contributed by atoms with Crippen LogP contribution < -0.4 is 10.6 Å². The molecule has 14 heavy (non-hydrogen) atoms. The average Bonchev–Trinajstić information content (AvgIpc) is 2.19. The Morgan fingerprint density at radius 2 is 2.07 bits per heavy atom. The molecule has 0 aliphatic carbocycles. The van der Waals surface area contributed by atoms with Crippen molar-refractivity contribution in [1.29, 1.82) is 0 Å². The van der Waals surface area contributed by atoms with E-state index in [4.69, 9.17) is 5.73 Å². The molecule has 1 fully saturated rings. The summed E-state index contributed by atoms with van der Waals surface area (Å²) in [6.07, 6.45) is 1.49. The van der Waals surface area contributed by atoms with Crippen LogP contribution in [0.1, 0.15) is 12.8 Å². The molecule has 1 aromatic rings. The Morgan fingerprint density at radius 1 is 1.36 bits per heavy atom. The number of nitrogens with zero attached hydrogens (tertiary/aromatic N) is 2. The SMILES string of the molecule is Nc1cccc(N2CCC(O)CC2)n1. The fourth-order valence-electron chi connectivity index (χ4n) is 1.71.